The van der Waals surface area contributed by atoms with Gasteiger partial charge in [-0.3, -0.25) is 14.3 Å². The number of amides is 1. The molecular formula is C16H16ClN7O3. The van der Waals surface area contributed by atoms with Crippen molar-refractivity contribution >= 4 is 34.5 Å². The molecule has 1 saturated heterocycles. The maximum absolute atomic E-state index is 11.8. The lowest BCUT2D eigenvalue weighted by atomic mass is 10.2. The first-order chi connectivity index (χ1) is 13.1. The van der Waals surface area contributed by atoms with Crippen LogP contribution < -0.4 is 10.6 Å². The van der Waals surface area contributed by atoms with E-state index in [2.05, 4.69) is 30.6 Å². The lowest BCUT2D eigenvalue weighted by Gasteiger charge is -2.13. The Morgan fingerprint density at radius 1 is 1.33 bits per heavy atom. The zero-order valence-corrected chi connectivity index (χ0v) is 15.3. The van der Waals surface area contributed by atoms with E-state index >= 15 is 0 Å². The summed E-state index contributed by atoms with van der Waals surface area (Å²) in [6.45, 7) is 0.138. The van der Waals surface area contributed by atoms with E-state index in [0.29, 0.717) is 33.4 Å². The van der Waals surface area contributed by atoms with Gasteiger partial charge in [0.05, 0.1) is 11.6 Å². The Morgan fingerprint density at radius 2 is 2.19 bits per heavy atom. The number of hydrogen-bond donors (Lipinski definition) is 2. The molecular weight excluding hydrogens is 374 g/mol. The zero-order chi connectivity index (χ0) is 19.0. The third kappa shape index (κ3) is 3.18. The van der Waals surface area contributed by atoms with E-state index in [-0.39, 0.29) is 12.5 Å². The number of halogens is 1. The average molecular weight is 390 g/mol. The smallest absolute Gasteiger partial charge is 0.251 e. The van der Waals surface area contributed by atoms with E-state index in [1.807, 2.05) is 0 Å². The van der Waals surface area contributed by atoms with Gasteiger partial charge in [-0.15, -0.1) is 0 Å². The van der Waals surface area contributed by atoms with Gasteiger partial charge in [-0.2, -0.15) is 0 Å². The molecule has 0 aliphatic carbocycles. The summed E-state index contributed by atoms with van der Waals surface area (Å²) in [7, 11) is 3.29. The molecule has 3 aromatic heterocycles. The lowest BCUT2D eigenvalue weighted by Crippen LogP contribution is -2.33. The number of imidazole rings is 1. The van der Waals surface area contributed by atoms with Gasteiger partial charge in [-0.1, -0.05) is 11.6 Å². The Kier molecular flexibility index (Phi) is 4.60. The largest absolute Gasteiger partial charge is 0.371 e. The minimum Gasteiger partial charge on any atom is -0.371 e. The van der Waals surface area contributed by atoms with E-state index in [9.17, 15) is 4.79 Å². The summed E-state index contributed by atoms with van der Waals surface area (Å²) in [6.07, 6.45) is 3.18. The number of nitrogens with one attached hydrogen (secondary N) is 2. The monoisotopic (exact) mass is 389 g/mol. The van der Waals surface area contributed by atoms with E-state index in [0.717, 1.165) is 0 Å². The highest BCUT2D eigenvalue weighted by atomic mass is 35.5. The molecule has 2 atom stereocenters. The average Bonchev–Trinajstić information content (AvgIpc) is 3.33. The van der Waals surface area contributed by atoms with Crippen molar-refractivity contribution in [1.29, 1.82) is 0 Å². The number of pyridine rings is 1. The summed E-state index contributed by atoms with van der Waals surface area (Å²) in [6, 6.07) is 1.72. The number of fused-ring (bicyclic) bond motifs is 1. The Balaban J connectivity index is 1.77. The van der Waals surface area contributed by atoms with Crippen molar-refractivity contribution in [3.63, 3.8) is 0 Å². The molecule has 0 saturated carbocycles. The molecule has 10 nitrogen and oxygen atoms in total. The minimum absolute atomic E-state index is 0.138. The van der Waals surface area contributed by atoms with Gasteiger partial charge in [0.2, 0.25) is 6.41 Å². The fourth-order valence-corrected chi connectivity index (χ4v) is 2.92. The summed E-state index contributed by atoms with van der Waals surface area (Å²) in [4.78, 5) is 29.3. The van der Waals surface area contributed by atoms with Gasteiger partial charge in [0.25, 0.3) is 5.91 Å². The molecule has 27 heavy (non-hydrogen) atoms. The summed E-state index contributed by atoms with van der Waals surface area (Å²) in [5.74, 6) is 0.706. The minimum atomic E-state index is -0.817. The lowest BCUT2D eigenvalue weighted by molar-refractivity contribution is -0.141. The Morgan fingerprint density at radius 3 is 2.93 bits per heavy atom. The second-order valence-electron chi connectivity index (χ2n) is 5.74. The third-order valence-electron chi connectivity index (χ3n) is 4.06. The number of anilines is 1. The molecule has 1 aliphatic heterocycles. The van der Waals surface area contributed by atoms with Crippen molar-refractivity contribution in [2.75, 3.05) is 26.0 Å². The number of ether oxygens (including phenoxy) is 2. The highest BCUT2D eigenvalue weighted by Gasteiger charge is 2.33. The van der Waals surface area contributed by atoms with Gasteiger partial charge in [-0.25, -0.2) is 15.0 Å². The summed E-state index contributed by atoms with van der Waals surface area (Å²) >= 11 is 6.03. The fraction of sp³-hybridized carbons (Fsp3) is 0.312. The van der Waals surface area contributed by atoms with Crippen molar-refractivity contribution in [2.45, 2.75) is 12.5 Å². The van der Waals surface area contributed by atoms with Crippen LogP contribution in [0.15, 0.2) is 24.8 Å². The number of carbonyl (C=O) groups excluding carboxylic acids is 1. The Labute approximate surface area is 158 Å². The molecule has 0 bridgehead atoms. The van der Waals surface area contributed by atoms with Gasteiger partial charge < -0.3 is 20.1 Å². The first-order valence-corrected chi connectivity index (χ1v) is 8.50. The van der Waals surface area contributed by atoms with Crippen LogP contribution in [0.2, 0.25) is 5.02 Å². The molecule has 1 fully saturated rings. The van der Waals surface area contributed by atoms with Crippen LogP contribution in [0, 0.1) is 0 Å². The highest BCUT2D eigenvalue weighted by molar-refractivity contribution is 6.30. The molecule has 140 valence electrons. The molecule has 4 heterocycles. The second kappa shape index (κ2) is 7.06. The molecule has 1 aliphatic rings. The normalized spacial score (nSPS) is 19.4. The molecule has 3 aromatic rings. The molecule has 2 N–H and O–H groups in total. The summed E-state index contributed by atoms with van der Waals surface area (Å²) < 4.78 is 12.9. The number of aromatic nitrogens is 5. The zero-order valence-electron chi connectivity index (χ0n) is 14.5. The molecule has 0 unspecified atom stereocenters. The first-order valence-electron chi connectivity index (χ1n) is 8.12. The van der Waals surface area contributed by atoms with Crippen molar-refractivity contribution in [3.8, 4) is 11.4 Å². The molecule has 0 spiro atoms. The van der Waals surface area contributed by atoms with Crippen molar-refractivity contribution in [1.82, 2.24) is 29.8 Å². The second-order valence-corrected chi connectivity index (χ2v) is 6.18. The number of likely N-dealkylation sites (N-methyl/N-ethyl adjacent to an activating group) is 1. The predicted octanol–water partition coefficient (Wildman–Crippen LogP) is 1.20. The van der Waals surface area contributed by atoms with Crippen LogP contribution in [0.4, 0.5) is 5.82 Å². The molecule has 0 aromatic carbocycles. The standard InChI is InChI=1S/C16H16ClN7O3/c1-18-13-11-14(23-12(22-13)8-3-9(17)5-20-4-8)24(7-21-11)16-26-6-10(27-16)15(25)19-2/h3-5,7,10,16H,6H2,1-2H3,(H,19,25)(H,18,22,23)/t10-,16-/m0/s1. The van der Waals surface area contributed by atoms with Crippen molar-refractivity contribution < 1.29 is 14.3 Å². The van der Waals surface area contributed by atoms with E-state index in [1.165, 1.54) is 12.5 Å². The van der Waals surface area contributed by atoms with Gasteiger partial charge in [0.1, 0.15) is 6.33 Å². The molecule has 1 amide bonds. The third-order valence-corrected chi connectivity index (χ3v) is 4.26. The van der Waals surface area contributed by atoms with Gasteiger partial charge in [0, 0.05) is 32.1 Å². The van der Waals surface area contributed by atoms with Crippen molar-refractivity contribution in [2.24, 2.45) is 0 Å². The molecule has 0 radical (unpaired) electrons. The maximum Gasteiger partial charge on any atom is 0.251 e. The molecule has 4 rings (SSSR count). The van der Waals surface area contributed by atoms with Gasteiger partial charge >= 0.3 is 0 Å². The van der Waals surface area contributed by atoms with Crippen LogP contribution in [0.5, 0.6) is 0 Å². The van der Waals surface area contributed by atoms with Crippen LogP contribution in [0.3, 0.4) is 0 Å². The van der Waals surface area contributed by atoms with Crippen LogP contribution in [-0.2, 0) is 14.3 Å². The van der Waals surface area contributed by atoms with E-state index in [4.69, 9.17) is 21.1 Å². The van der Waals surface area contributed by atoms with E-state index < -0.39 is 12.5 Å². The summed E-state index contributed by atoms with van der Waals surface area (Å²) in [5, 5.41) is 6.03. The van der Waals surface area contributed by atoms with Crippen LogP contribution in [-0.4, -0.2) is 57.2 Å². The van der Waals surface area contributed by atoms with Crippen LogP contribution >= 0.6 is 11.6 Å². The predicted molar refractivity (Wildman–Crippen MR) is 97.0 cm³/mol. The quantitative estimate of drug-likeness (QED) is 0.683. The van der Waals surface area contributed by atoms with E-state index in [1.54, 1.807) is 30.9 Å². The number of nitrogens with zero attached hydrogens (tertiary/aromatic N) is 5. The van der Waals surface area contributed by atoms with Crippen LogP contribution in [0.25, 0.3) is 22.6 Å². The SMILES string of the molecule is CNC(=O)[C@@H]1CO[C@H](n2cnc3c(NC)nc(-c4cncc(Cl)c4)nc32)O1. The fourth-order valence-electron chi connectivity index (χ4n) is 2.74. The van der Waals surface area contributed by atoms with Gasteiger partial charge in [-0.05, 0) is 6.07 Å². The highest BCUT2D eigenvalue weighted by Crippen LogP contribution is 2.29. The Hall–Kier alpha value is -2.82. The Bertz CT molecular complexity index is 1010. The number of rotatable bonds is 4. The number of carbonyl (C=O) groups is 1. The molecule has 11 heteroatoms. The first kappa shape index (κ1) is 17.6. The van der Waals surface area contributed by atoms with Crippen LogP contribution in [0.1, 0.15) is 6.41 Å². The maximum atomic E-state index is 11.8. The van der Waals surface area contributed by atoms with Gasteiger partial charge in [0.15, 0.2) is 28.9 Å². The topological polar surface area (TPSA) is 116 Å². The number of hydrogen-bond acceptors (Lipinski definition) is 8. The summed E-state index contributed by atoms with van der Waals surface area (Å²) in [5.41, 5.74) is 1.70. The van der Waals surface area contributed by atoms with Crippen molar-refractivity contribution in [3.05, 3.63) is 29.8 Å².